The summed E-state index contributed by atoms with van der Waals surface area (Å²) < 4.78 is 10.5. The van der Waals surface area contributed by atoms with E-state index in [0.29, 0.717) is 29.0 Å². The van der Waals surface area contributed by atoms with Crippen molar-refractivity contribution in [2.75, 3.05) is 13.2 Å². The molecule has 0 saturated carbocycles. The van der Waals surface area contributed by atoms with E-state index < -0.39 is 17.8 Å². The third-order valence-corrected chi connectivity index (χ3v) is 3.44. The molecule has 2 amide bonds. The third-order valence-electron chi connectivity index (χ3n) is 3.44. The average Bonchev–Trinajstić information content (AvgIpc) is 2.65. The highest BCUT2D eigenvalue weighted by Gasteiger charge is 2.13. The number of nitrogens with one attached hydrogen (secondary N) is 1. The fourth-order valence-electron chi connectivity index (χ4n) is 2.21. The Kier molecular flexibility index (Phi) is 6.73. The molecule has 0 fully saturated rings. The lowest BCUT2D eigenvalue weighted by atomic mass is 10.1. The van der Waals surface area contributed by atoms with E-state index in [1.165, 1.54) is 0 Å². The minimum absolute atomic E-state index is 0.0225. The molecule has 0 spiro atoms. The first-order chi connectivity index (χ1) is 12.5. The van der Waals surface area contributed by atoms with Crippen molar-refractivity contribution < 1.29 is 23.9 Å². The molecule has 7 heteroatoms. The summed E-state index contributed by atoms with van der Waals surface area (Å²) in [7, 11) is 0. The van der Waals surface area contributed by atoms with Gasteiger partial charge in [-0.15, -0.1) is 0 Å². The normalized spacial score (nSPS) is 10.0. The predicted molar refractivity (Wildman–Crippen MR) is 94.7 cm³/mol. The number of esters is 1. The Balaban J connectivity index is 1.86. The number of ether oxygens (including phenoxy) is 2. The smallest absolute Gasteiger partial charge is 0.325 e. The highest BCUT2D eigenvalue weighted by Crippen LogP contribution is 2.17. The van der Waals surface area contributed by atoms with E-state index >= 15 is 0 Å². The summed E-state index contributed by atoms with van der Waals surface area (Å²) in [5, 5.41) is 2.50. The van der Waals surface area contributed by atoms with Crippen LogP contribution in [0.1, 0.15) is 33.2 Å². The van der Waals surface area contributed by atoms with Gasteiger partial charge in [0.1, 0.15) is 18.9 Å². The number of carbonyl (C=O) groups excluding carboxylic acids is 3. The molecule has 0 aliphatic rings. The number of para-hydroxylation sites is 1. The molecule has 0 aliphatic carbocycles. The van der Waals surface area contributed by atoms with E-state index in [1.807, 2.05) is 6.92 Å². The van der Waals surface area contributed by atoms with Crippen LogP contribution in [0, 0.1) is 0 Å². The van der Waals surface area contributed by atoms with Crippen molar-refractivity contribution >= 4 is 17.8 Å². The first-order valence-corrected chi connectivity index (χ1v) is 8.05. The molecule has 0 unspecified atom stereocenters. The first kappa shape index (κ1) is 19.0. The Labute approximate surface area is 151 Å². The Morgan fingerprint density at radius 1 is 1.08 bits per heavy atom. The number of amides is 2. The molecule has 0 saturated heterocycles. The summed E-state index contributed by atoms with van der Waals surface area (Å²) >= 11 is 0. The fourth-order valence-corrected chi connectivity index (χ4v) is 2.21. The third kappa shape index (κ3) is 5.34. The number of nitrogens with two attached hydrogens (primary N) is 1. The van der Waals surface area contributed by atoms with Gasteiger partial charge < -0.3 is 20.5 Å². The first-order valence-electron chi connectivity index (χ1n) is 8.05. The zero-order valence-corrected chi connectivity index (χ0v) is 14.4. The molecule has 0 atom stereocenters. The molecule has 0 aliphatic heterocycles. The van der Waals surface area contributed by atoms with Crippen molar-refractivity contribution in [1.82, 2.24) is 5.32 Å². The number of primary amides is 1. The van der Waals surface area contributed by atoms with Crippen LogP contribution >= 0.6 is 0 Å². The van der Waals surface area contributed by atoms with Crippen LogP contribution in [0.15, 0.2) is 48.5 Å². The second kappa shape index (κ2) is 9.22. The van der Waals surface area contributed by atoms with Gasteiger partial charge in [0.05, 0.1) is 12.2 Å². The Morgan fingerprint density at radius 3 is 2.58 bits per heavy atom. The fraction of sp³-hybridized carbons (Fsp3) is 0.211. The number of hydrogen-bond donors (Lipinski definition) is 2. The maximum Gasteiger partial charge on any atom is 0.325 e. The number of carbonyl (C=O) groups is 3. The lowest BCUT2D eigenvalue weighted by Gasteiger charge is -2.10. The van der Waals surface area contributed by atoms with Crippen LogP contribution < -0.4 is 15.8 Å². The molecule has 0 radical (unpaired) electrons. The average molecular weight is 356 g/mol. The molecule has 2 aromatic rings. The molecular formula is C19H20N2O5. The standard InChI is InChI=1S/C19H20N2O5/c1-2-25-16-9-4-3-8-15(16)19(24)21-11-17(22)26-12-13-6-5-7-14(10-13)18(20)23/h3-10H,2,11-12H2,1H3,(H2,20,23)(H,21,24). The van der Waals surface area contributed by atoms with E-state index in [0.717, 1.165) is 0 Å². The van der Waals surface area contributed by atoms with E-state index in [9.17, 15) is 14.4 Å². The highest BCUT2D eigenvalue weighted by molar-refractivity contribution is 5.98. The zero-order valence-electron chi connectivity index (χ0n) is 14.4. The largest absolute Gasteiger partial charge is 0.493 e. The molecule has 2 rings (SSSR count). The molecule has 2 aromatic carbocycles. The molecular weight excluding hydrogens is 336 g/mol. The SMILES string of the molecule is CCOc1ccccc1C(=O)NCC(=O)OCc1cccc(C(N)=O)c1. The Morgan fingerprint density at radius 2 is 1.85 bits per heavy atom. The number of hydrogen-bond acceptors (Lipinski definition) is 5. The van der Waals surface area contributed by atoms with Gasteiger partial charge in [0.15, 0.2) is 0 Å². The van der Waals surface area contributed by atoms with Gasteiger partial charge >= 0.3 is 5.97 Å². The van der Waals surface area contributed by atoms with Crippen LogP contribution in [-0.2, 0) is 16.1 Å². The Bertz CT molecular complexity index is 804. The van der Waals surface area contributed by atoms with Crippen molar-refractivity contribution in [3.8, 4) is 5.75 Å². The molecule has 3 N–H and O–H groups in total. The summed E-state index contributed by atoms with van der Waals surface area (Å²) in [5.74, 6) is -1.14. The van der Waals surface area contributed by atoms with Crippen LogP contribution in [0.25, 0.3) is 0 Å². The van der Waals surface area contributed by atoms with E-state index in [1.54, 1.807) is 48.5 Å². The maximum atomic E-state index is 12.2. The van der Waals surface area contributed by atoms with Gasteiger partial charge in [-0.2, -0.15) is 0 Å². The predicted octanol–water partition coefficient (Wildman–Crippen LogP) is 1.66. The van der Waals surface area contributed by atoms with Crippen LogP contribution in [0.4, 0.5) is 0 Å². The minimum Gasteiger partial charge on any atom is -0.493 e. The second-order valence-electron chi connectivity index (χ2n) is 5.34. The van der Waals surface area contributed by atoms with Crippen molar-refractivity contribution in [3.63, 3.8) is 0 Å². The van der Waals surface area contributed by atoms with Crippen molar-refractivity contribution in [3.05, 3.63) is 65.2 Å². The molecule has 136 valence electrons. The van der Waals surface area contributed by atoms with Gasteiger partial charge in [0.25, 0.3) is 5.91 Å². The van der Waals surface area contributed by atoms with Crippen molar-refractivity contribution in [2.45, 2.75) is 13.5 Å². The monoisotopic (exact) mass is 356 g/mol. The van der Waals surface area contributed by atoms with Gasteiger partial charge in [-0.1, -0.05) is 24.3 Å². The lowest BCUT2D eigenvalue weighted by molar-refractivity contribution is -0.143. The van der Waals surface area contributed by atoms with Gasteiger partial charge in [-0.3, -0.25) is 14.4 Å². The summed E-state index contributed by atoms with van der Waals surface area (Å²) in [6.45, 7) is 1.94. The van der Waals surface area contributed by atoms with Crippen molar-refractivity contribution in [1.29, 1.82) is 0 Å². The van der Waals surface area contributed by atoms with Crippen LogP contribution in [-0.4, -0.2) is 30.9 Å². The number of benzene rings is 2. The Hall–Kier alpha value is -3.35. The molecule has 7 nitrogen and oxygen atoms in total. The molecule has 0 aromatic heterocycles. The summed E-state index contributed by atoms with van der Waals surface area (Å²) in [5.41, 5.74) is 6.51. The lowest BCUT2D eigenvalue weighted by Crippen LogP contribution is -2.30. The van der Waals surface area contributed by atoms with Gasteiger partial charge in [-0.25, -0.2) is 0 Å². The quantitative estimate of drug-likeness (QED) is 0.700. The van der Waals surface area contributed by atoms with E-state index in [-0.39, 0.29) is 13.2 Å². The molecule has 0 heterocycles. The maximum absolute atomic E-state index is 12.2. The summed E-state index contributed by atoms with van der Waals surface area (Å²) in [6, 6.07) is 13.2. The zero-order chi connectivity index (χ0) is 18.9. The summed E-state index contributed by atoms with van der Waals surface area (Å²) in [6.07, 6.45) is 0. The van der Waals surface area contributed by atoms with Crippen LogP contribution in [0.3, 0.4) is 0 Å². The highest BCUT2D eigenvalue weighted by atomic mass is 16.5. The molecule has 0 bridgehead atoms. The molecule has 26 heavy (non-hydrogen) atoms. The van der Waals surface area contributed by atoms with Gasteiger partial charge in [-0.05, 0) is 36.8 Å². The minimum atomic E-state index is -0.600. The van der Waals surface area contributed by atoms with Crippen LogP contribution in [0.2, 0.25) is 0 Å². The van der Waals surface area contributed by atoms with Gasteiger partial charge in [0.2, 0.25) is 5.91 Å². The topological polar surface area (TPSA) is 108 Å². The second-order valence-corrected chi connectivity index (χ2v) is 5.34. The van der Waals surface area contributed by atoms with Gasteiger partial charge in [0, 0.05) is 5.56 Å². The van der Waals surface area contributed by atoms with E-state index in [2.05, 4.69) is 5.32 Å². The summed E-state index contributed by atoms with van der Waals surface area (Å²) in [4.78, 5) is 35.1. The number of rotatable bonds is 8. The van der Waals surface area contributed by atoms with Crippen molar-refractivity contribution in [2.24, 2.45) is 5.73 Å². The van der Waals surface area contributed by atoms with Crippen LogP contribution in [0.5, 0.6) is 5.75 Å². The van der Waals surface area contributed by atoms with E-state index in [4.69, 9.17) is 15.2 Å².